The van der Waals surface area contributed by atoms with Gasteiger partial charge in [-0.15, -0.1) is 0 Å². The summed E-state index contributed by atoms with van der Waals surface area (Å²) in [5.41, 5.74) is 19.4. The third-order valence-corrected chi connectivity index (χ3v) is 13.9. The molecule has 2 aromatic heterocycles. The second kappa shape index (κ2) is 14.4. The summed E-state index contributed by atoms with van der Waals surface area (Å²) in [5, 5.41) is 5.18. The van der Waals surface area contributed by atoms with E-state index in [-0.39, 0.29) is 0 Å². The summed E-state index contributed by atoms with van der Waals surface area (Å²) in [6.07, 6.45) is 0. The lowest BCUT2D eigenvalue weighted by Crippen LogP contribution is -2.01. The van der Waals surface area contributed by atoms with Crippen molar-refractivity contribution in [2.24, 2.45) is 0 Å². The van der Waals surface area contributed by atoms with Gasteiger partial charge in [0.15, 0.2) is 0 Å². The van der Waals surface area contributed by atoms with Crippen molar-refractivity contribution >= 4 is 55.4 Å². The van der Waals surface area contributed by atoms with Crippen LogP contribution in [0.15, 0.2) is 240 Å². The molecule has 0 saturated heterocycles. The van der Waals surface area contributed by atoms with Gasteiger partial charge in [0.1, 0.15) is 0 Å². The van der Waals surface area contributed by atoms with Crippen molar-refractivity contribution in [3.63, 3.8) is 0 Å². The smallest absolute Gasteiger partial charge is 0.0688 e. The molecule has 0 unspecified atom stereocenters. The molecule has 0 N–H and O–H groups in total. The van der Waals surface area contributed by atoms with Gasteiger partial charge in [-0.05, 0) is 128 Å². The van der Waals surface area contributed by atoms with E-state index in [2.05, 4.69) is 240 Å². The van der Waals surface area contributed by atoms with Gasteiger partial charge in [-0.25, -0.2) is 0 Å². The van der Waals surface area contributed by atoms with Crippen LogP contribution in [-0.4, -0.2) is 9.13 Å². The van der Waals surface area contributed by atoms with Crippen molar-refractivity contribution in [3.05, 3.63) is 231 Å². The minimum absolute atomic E-state index is 1.15. The Morgan fingerprint density at radius 3 is 1.35 bits per heavy atom. The number of para-hydroxylation sites is 3. The van der Waals surface area contributed by atoms with Crippen molar-refractivity contribution in [1.29, 1.82) is 0 Å². The molecule has 13 rings (SSSR count). The molecule has 0 bridgehead atoms. The second-order valence-electron chi connectivity index (χ2n) is 16.5. The molecule has 2 nitrogen and oxygen atoms in total. The maximum Gasteiger partial charge on any atom is 0.0688 e. The number of rotatable bonds is 6. The van der Waals surface area contributed by atoms with Crippen molar-refractivity contribution in [3.8, 4) is 67.0 Å². The Morgan fingerprint density at radius 1 is 0.270 bits per heavy atom. The number of aromatic nitrogens is 2. The van der Waals surface area contributed by atoms with E-state index in [0.29, 0.717) is 0 Å². The Hall–Kier alpha value is -7.85. The molecule has 1 aliphatic rings. The second-order valence-corrected chi connectivity index (χ2v) is 17.6. The molecule has 12 aromatic rings. The molecule has 0 amide bonds. The first-order chi connectivity index (χ1) is 31.2. The minimum Gasteiger partial charge on any atom is -0.309 e. The molecule has 3 heteroatoms. The summed E-state index contributed by atoms with van der Waals surface area (Å²) in [7, 11) is 0. The van der Waals surface area contributed by atoms with Crippen molar-refractivity contribution in [2.75, 3.05) is 0 Å². The molecule has 0 spiro atoms. The molecule has 0 fully saturated rings. The van der Waals surface area contributed by atoms with Gasteiger partial charge in [0.2, 0.25) is 0 Å². The molecular weight excluding hydrogens is 781 g/mol. The molecule has 63 heavy (non-hydrogen) atoms. The van der Waals surface area contributed by atoms with Crippen LogP contribution in [0.3, 0.4) is 0 Å². The number of hydrogen-bond acceptors (Lipinski definition) is 1. The number of fused-ring (bicyclic) bond motifs is 9. The molecule has 1 aliphatic heterocycles. The summed E-state index contributed by atoms with van der Waals surface area (Å²) in [5.74, 6) is 0. The fourth-order valence-corrected chi connectivity index (χ4v) is 11.1. The third kappa shape index (κ3) is 5.81. The van der Waals surface area contributed by atoms with Crippen LogP contribution in [0, 0.1) is 0 Å². The molecule has 0 aliphatic carbocycles. The monoisotopic (exact) mass is 818 g/mol. The van der Waals surface area contributed by atoms with Crippen LogP contribution in [0.5, 0.6) is 0 Å². The Bertz CT molecular complexity index is 3700. The van der Waals surface area contributed by atoms with E-state index in [1.165, 1.54) is 115 Å². The molecule has 0 radical (unpaired) electrons. The highest BCUT2D eigenvalue weighted by molar-refractivity contribution is 7.99. The van der Waals surface area contributed by atoms with E-state index in [1.54, 1.807) is 0 Å². The molecule has 0 saturated carbocycles. The normalized spacial score (nSPS) is 12.1. The largest absolute Gasteiger partial charge is 0.309 e. The van der Waals surface area contributed by atoms with E-state index >= 15 is 0 Å². The maximum atomic E-state index is 2.49. The van der Waals surface area contributed by atoms with E-state index in [9.17, 15) is 0 Å². The zero-order valence-electron chi connectivity index (χ0n) is 34.2. The SMILES string of the molecule is c1ccc(-c2cc(-c3ccccc3)cc(-c3cccc(-c4cccc(-c5cccc(-n6c7ccccc7c7c8c9ccccc9n9c8c(cc76)Sc6ccccc6-9)c5)c4)c3)c2)cc1. The summed E-state index contributed by atoms with van der Waals surface area (Å²) in [6, 6.07) is 84.5. The average Bonchev–Trinajstić information content (AvgIpc) is 3.88. The van der Waals surface area contributed by atoms with Gasteiger partial charge < -0.3 is 9.13 Å². The Kier molecular flexibility index (Phi) is 8.18. The van der Waals surface area contributed by atoms with Crippen LogP contribution in [0.1, 0.15) is 0 Å². The average molecular weight is 819 g/mol. The van der Waals surface area contributed by atoms with Gasteiger partial charge in [-0.1, -0.05) is 169 Å². The van der Waals surface area contributed by atoms with Gasteiger partial charge in [0, 0.05) is 37.0 Å². The summed E-state index contributed by atoms with van der Waals surface area (Å²) in [6.45, 7) is 0. The van der Waals surface area contributed by atoms with Crippen molar-refractivity contribution in [2.45, 2.75) is 9.79 Å². The predicted octanol–water partition coefficient (Wildman–Crippen LogP) is 16.7. The topological polar surface area (TPSA) is 9.86 Å². The van der Waals surface area contributed by atoms with Gasteiger partial charge >= 0.3 is 0 Å². The Balaban J connectivity index is 0.931. The highest BCUT2D eigenvalue weighted by Gasteiger charge is 2.27. The van der Waals surface area contributed by atoms with E-state index in [0.717, 1.165) is 5.69 Å². The first-order valence-electron chi connectivity index (χ1n) is 21.6. The molecular formula is C60H38N2S. The quantitative estimate of drug-likeness (QED) is 0.162. The van der Waals surface area contributed by atoms with Crippen LogP contribution in [0.4, 0.5) is 0 Å². The fourth-order valence-electron chi connectivity index (χ4n) is 10.0. The summed E-state index contributed by atoms with van der Waals surface area (Å²) < 4.78 is 4.97. The van der Waals surface area contributed by atoms with E-state index in [4.69, 9.17) is 0 Å². The van der Waals surface area contributed by atoms with Gasteiger partial charge in [-0.3, -0.25) is 0 Å². The van der Waals surface area contributed by atoms with Crippen LogP contribution in [0.25, 0.3) is 111 Å². The summed E-state index contributed by atoms with van der Waals surface area (Å²) in [4.78, 5) is 2.56. The lowest BCUT2D eigenvalue weighted by molar-refractivity contribution is 1.09. The molecule has 3 heterocycles. The lowest BCUT2D eigenvalue weighted by atomic mass is 9.92. The third-order valence-electron chi connectivity index (χ3n) is 12.8. The maximum absolute atomic E-state index is 2.49. The van der Waals surface area contributed by atoms with Crippen LogP contribution in [-0.2, 0) is 0 Å². The lowest BCUT2D eigenvalue weighted by Gasteiger charge is -2.20. The first-order valence-corrected chi connectivity index (χ1v) is 22.4. The van der Waals surface area contributed by atoms with Gasteiger partial charge in [-0.2, -0.15) is 0 Å². The Morgan fingerprint density at radius 2 is 0.714 bits per heavy atom. The Labute approximate surface area is 370 Å². The van der Waals surface area contributed by atoms with Crippen LogP contribution < -0.4 is 0 Å². The number of nitrogens with zero attached hydrogens (tertiary/aromatic N) is 2. The van der Waals surface area contributed by atoms with E-state index < -0.39 is 0 Å². The molecule has 0 atom stereocenters. The first kappa shape index (κ1) is 35.9. The van der Waals surface area contributed by atoms with Crippen molar-refractivity contribution in [1.82, 2.24) is 9.13 Å². The molecule has 294 valence electrons. The number of benzene rings is 10. The molecule has 10 aromatic carbocycles. The highest BCUT2D eigenvalue weighted by Crippen LogP contribution is 2.51. The zero-order valence-corrected chi connectivity index (χ0v) is 35.1. The van der Waals surface area contributed by atoms with Crippen molar-refractivity contribution < 1.29 is 0 Å². The van der Waals surface area contributed by atoms with E-state index in [1.807, 2.05) is 11.8 Å². The van der Waals surface area contributed by atoms with Crippen LogP contribution >= 0.6 is 11.8 Å². The van der Waals surface area contributed by atoms with Crippen LogP contribution in [0.2, 0.25) is 0 Å². The van der Waals surface area contributed by atoms with Gasteiger partial charge in [0.25, 0.3) is 0 Å². The highest BCUT2D eigenvalue weighted by atomic mass is 32.2. The fraction of sp³-hybridized carbons (Fsp3) is 0. The number of hydrogen-bond donors (Lipinski definition) is 0. The minimum atomic E-state index is 1.15. The van der Waals surface area contributed by atoms with Gasteiger partial charge in [0.05, 0.1) is 27.8 Å². The zero-order chi connectivity index (χ0) is 41.4. The standard InChI is InChI=1S/C60H38N2S/c1-3-16-39(17-4-1)46-34-47(40-18-5-2-6-19-40)36-48(35-46)44-23-14-21-42(33-44)41-20-13-22-43(32-41)45-24-15-25-49(37-45)61-52-28-9-7-26-50(52)58-55(61)38-57-60-59(58)51-27-8-10-29-53(51)62(60)54-30-11-12-31-56(54)63-57/h1-38H. The summed E-state index contributed by atoms with van der Waals surface area (Å²) >= 11 is 1.88. The predicted molar refractivity (Wildman–Crippen MR) is 266 cm³/mol.